The molecule has 106 valence electrons. The molecule has 1 aromatic carbocycles. The number of hydrogen-bond donors (Lipinski definition) is 1. The molecule has 4 nitrogen and oxygen atoms in total. The molecule has 0 saturated heterocycles. The Kier molecular flexibility index (Phi) is 5.26. The molecule has 2 N–H and O–H groups in total. The summed E-state index contributed by atoms with van der Waals surface area (Å²) in [6.07, 6.45) is 1.59. The van der Waals surface area contributed by atoms with Gasteiger partial charge in [-0.05, 0) is 31.4 Å². The minimum atomic E-state index is -3.07. The molecule has 0 heterocycles. The van der Waals surface area contributed by atoms with E-state index in [2.05, 4.69) is 0 Å². The van der Waals surface area contributed by atoms with Gasteiger partial charge in [-0.15, -0.1) is 0 Å². The highest BCUT2D eigenvalue weighted by molar-refractivity contribution is 7.90. The predicted octanol–water partition coefficient (Wildman–Crippen LogP) is 1.18. The largest absolute Gasteiger partial charge is 0.321 e. The first-order chi connectivity index (χ1) is 8.69. The SMILES string of the molecule is Cc1ccc(C)c(CC(=O)C(N)CCS(C)(=O)=O)c1. The average Bonchev–Trinajstić information content (AvgIpc) is 2.29. The lowest BCUT2D eigenvalue weighted by Crippen LogP contribution is -2.33. The van der Waals surface area contributed by atoms with Gasteiger partial charge >= 0.3 is 0 Å². The van der Waals surface area contributed by atoms with E-state index < -0.39 is 15.9 Å². The molecule has 0 aromatic heterocycles. The van der Waals surface area contributed by atoms with Gasteiger partial charge in [0, 0.05) is 12.7 Å². The summed E-state index contributed by atoms with van der Waals surface area (Å²) < 4.78 is 22.1. The summed E-state index contributed by atoms with van der Waals surface area (Å²) >= 11 is 0. The van der Waals surface area contributed by atoms with E-state index in [9.17, 15) is 13.2 Å². The van der Waals surface area contributed by atoms with Gasteiger partial charge < -0.3 is 5.73 Å². The first-order valence-corrected chi connectivity index (χ1v) is 8.27. The normalized spacial score (nSPS) is 13.3. The van der Waals surface area contributed by atoms with Crippen LogP contribution in [0.25, 0.3) is 0 Å². The van der Waals surface area contributed by atoms with Crippen LogP contribution < -0.4 is 5.73 Å². The highest BCUT2D eigenvalue weighted by Crippen LogP contribution is 2.12. The van der Waals surface area contributed by atoms with E-state index in [1.54, 1.807) is 0 Å². The zero-order valence-electron chi connectivity index (χ0n) is 11.6. The Morgan fingerprint density at radius 3 is 2.53 bits per heavy atom. The van der Waals surface area contributed by atoms with E-state index >= 15 is 0 Å². The van der Waals surface area contributed by atoms with Gasteiger partial charge in [-0.2, -0.15) is 0 Å². The molecule has 0 amide bonds. The van der Waals surface area contributed by atoms with Crippen LogP contribution in [-0.2, 0) is 21.1 Å². The van der Waals surface area contributed by atoms with Crippen LogP contribution >= 0.6 is 0 Å². The topological polar surface area (TPSA) is 77.2 Å². The van der Waals surface area contributed by atoms with E-state index in [-0.39, 0.29) is 24.4 Å². The molecule has 5 heteroatoms. The van der Waals surface area contributed by atoms with Gasteiger partial charge in [0.05, 0.1) is 11.8 Å². The van der Waals surface area contributed by atoms with Crippen molar-refractivity contribution in [2.24, 2.45) is 5.73 Å². The van der Waals surface area contributed by atoms with Gasteiger partial charge in [-0.25, -0.2) is 8.42 Å². The molecule has 0 radical (unpaired) electrons. The Labute approximate surface area is 114 Å². The molecule has 0 saturated carbocycles. The minimum absolute atomic E-state index is 0.0489. The molecule has 1 atom stereocenters. The number of benzene rings is 1. The van der Waals surface area contributed by atoms with E-state index in [1.807, 2.05) is 32.0 Å². The highest BCUT2D eigenvalue weighted by Gasteiger charge is 2.17. The van der Waals surface area contributed by atoms with Crippen LogP contribution in [0.5, 0.6) is 0 Å². The number of ketones is 1. The third kappa shape index (κ3) is 5.53. The van der Waals surface area contributed by atoms with Crippen LogP contribution in [0.2, 0.25) is 0 Å². The molecular formula is C14H21NO3S. The zero-order valence-corrected chi connectivity index (χ0v) is 12.5. The summed E-state index contributed by atoms with van der Waals surface area (Å²) in [5.41, 5.74) is 8.85. The van der Waals surface area contributed by atoms with Crippen molar-refractivity contribution in [3.8, 4) is 0 Å². The maximum absolute atomic E-state index is 12.0. The molecule has 1 unspecified atom stereocenters. The lowest BCUT2D eigenvalue weighted by atomic mass is 9.97. The summed E-state index contributed by atoms with van der Waals surface area (Å²) in [5.74, 6) is -0.162. The summed E-state index contributed by atoms with van der Waals surface area (Å²) in [6, 6.07) is 5.22. The number of Topliss-reactive ketones (excluding diaryl/α,β-unsaturated/α-hetero) is 1. The van der Waals surface area contributed by atoms with Gasteiger partial charge in [-0.1, -0.05) is 23.8 Å². The van der Waals surface area contributed by atoms with Gasteiger partial charge in [0.25, 0.3) is 0 Å². The van der Waals surface area contributed by atoms with Crippen LogP contribution in [0.1, 0.15) is 23.1 Å². The van der Waals surface area contributed by atoms with E-state index in [4.69, 9.17) is 5.73 Å². The molecule has 0 spiro atoms. The Bertz CT molecular complexity index is 564. The van der Waals surface area contributed by atoms with Crippen LogP contribution in [0, 0.1) is 13.8 Å². The maximum Gasteiger partial charge on any atom is 0.153 e. The number of nitrogens with two attached hydrogens (primary N) is 1. The van der Waals surface area contributed by atoms with Gasteiger partial charge in [0.1, 0.15) is 9.84 Å². The van der Waals surface area contributed by atoms with Gasteiger partial charge in [0.15, 0.2) is 5.78 Å². The molecule has 0 fully saturated rings. The van der Waals surface area contributed by atoms with Crippen LogP contribution in [0.15, 0.2) is 18.2 Å². The standard InChI is InChI=1S/C14H21NO3S/c1-10-4-5-11(2)12(8-10)9-14(16)13(15)6-7-19(3,17)18/h4-5,8,13H,6-7,9,15H2,1-3H3. The first-order valence-electron chi connectivity index (χ1n) is 6.21. The second-order valence-corrected chi connectivity index (χ2v) is 7.36. The highest BCUT2D eigenvalue weighted by atomic mass is 32.2. The van der Waals surface area contributed by atoms with Crippen molar-refractivity contribution in [3.63, 3.8) is 0 Å². The monoisotopic (exact) mass is 283 g/mol. The summed E-state index contributed by atoms with van der Waals surface area (Å²) in [4.78, 5) is 12.0. The van der Waals surface area contributed by atoms with Crippen molar-refractivity contribution < 1.29 is 13.2 Å². The summed E-state index contributed by atoms with van der Waals surface area (Å²) in [7, 11) is -3.07. The lowest BCUT2D eigenvalue weighted by molar-refractivity contribution is -0.119. The van der Waals surface area contributed by atoms with Crippen molar-refractivity contribution in [2.75, 3.05) is 12.0 Å². The molecule has 0 aliphatic carbocycles. The maximum atomic E-state index is 12.0. The Morgan fingerprint density at radius 1 is 1.32 bits per heavy atom. The molecule has 1 rings (SSSR count). The molecule has 0 aliphatic heterocycles. The second kappa shape index (κ2) is 6.30. The van der Waals surface area contributed by atoms with Crippen molar-refractivity contribution in [3.05, 3.63) is 34.9 Å². The molecule has 1 aromatic rings. The number of carbonyl (C=O) groups is 1. The van der Waals surface area contributed by atoms with Crippen LogP contribution in [0.4, 0.5) is 0 Å². The third-order valence-electron chi connectivity index (χ3n) is 3.08. The molecule has 19 heavy (non-hydrogen) atoms. The lowest BCUT2D eigenvalue weighted by Gasteiger charge is -2.11. The van der Waals surface area contributed by atoms with Crippen molar-refractivity contribution >= 4 is 15.6 Å². The van der Waals surface area contributed by atoms with Gasteiger partial charge in [0.2, 0.25) is 0 Å². The van der Waals surface area contributed by atoms with Crippen molar-refractivity contribution in [2.45, 2.75) is 32.7 Å². The molecular weight excluding hydrogens is 262 g/mol. The van der Waals surface area contributed by atoms with Gasteiger partial charge in [-0.3, -0.25) is 4.79 Å². The average molecular weight is 283 g/mol. The van der Waals surface area contributed by atoms with E-state index in [1.165, 1.54) is 0 Å². The zero-order chi connectivity index (χ0) is 14.6. The van der Waals surface area contributed by atoms with E-state index in [0.717, 1.165) is 22.9 Å². The fraction of sp³-hybridized carbons (Fsp3) is 0.500. The summed E-state index contributed by atoms with van der Waals surface area (Å²) in [6.45, 7) is 3.92. The molecule has 0 aliphatic rings. The van der Waals surface area contributed by atoms with Crippen LogP contribution in [-0.4, -0.2) is 32.3 Å². The second-order valence-electron chi connectivity index (χ2n) is 5.10. The summed E-state index contributed by atoms with van der Waals surface area (Å²) in [5, 5.41) is 0. The van der Waals surface area contributed by atoms with Crippen molar-refractivity contribution in [1.82, 2.24) is 0 Å². The van der Waals surface area contributed by atoms with Crippen molar-refractivity contribution in [1.29, 1.82) is 0 Å². The Balaban J connectivity index is 2.66. The van der Waals surface area contributed by atoms with E-state index in [0.29, 0.717) is 0 Å². The Hall–Kier alpha value is -1.20. The van der Waals surface area contributed by atoms with Crippen LogP contribution in [0.3, 0.4) is 0 Å². The minimum Gasteiger partial charge on any atom is -0.321 e. The number of aryl methyl sites for hydroxylation is 2. The first kappa shape index (κ1) is 15.9. The number of carbonyl (C=O) groups excluding carboxylic acids is 1. The smallest absolute Gasteiger partial charge is 0.153 e. The molecule has 0 bridgehead atoms. The fourth-order valence-corrected chi connectivity index (χ4v) is 2.49. The quantitative estimate of drug-likeness (QED) is 0.850. The predicted molar refractivity (Wildman–Crippen MR) is 76.9 cm³/mol. The number of hydrogen-bond acceptors (Lipinski definition) is 4. The number of sulfone groups is 1. The Morgan fingerprint density at radius 2 is 1.95 bits per heavy atom. The fourth-order valence-electron chi connectivity index (χ4n) is 1.81. The number of rotatable bonds is 6. The third-order valence-corrected chi connectivity index (χ3v) is 4.06.